The molecule has 0 bridgehead atoms. The third-order valence-corrected chi connectivity index (χ3v) is 4.52. The Morgan fingerprint density at radius 3 is 2.58 bits per heavy atom. The standard InChI is InChI=1S/C21H23FN2O2/c1-4-26-16-8-6-15(7-9-16)21(25)23-12-11-17-14(3)24-20-18(22)10-5-13(2)19(17)20/h5-10,24H,4,11-12H2,1-3H3,(H,23,25). The van der Waals surface area contributed by atoms with E-state index in [1.807, 2.05) is 20.8 Å². The van der Waals surface area contributed by atoms with Gasteiger partial charge in [-0.2, -0.15) is 0 Å². The van der Waals surface area contributed by atoms with Crippen molar-refractivity contribution in [3.8, 4) is 5.75 Å². The van der Waals surface area contributed by atoms with Crippen LogP contribution in [0.25, 0.3) is 10.9 Å². The lowest BCUT2D eigenvalue weighted by molar-refractivity contribution is 0.0954. The van der Waals surface area contributed by atoms with Gasteiger partial charge >= 0.3 is 0 Å². The number of H-pyrrole nitrogens is 1. The van der Waals surface area contributed by atoms with Crippen molar-refractivity contribution in [2.24, 2.45) is 0 Å². The Hall–Kier alpha value is -2.82. The second kappa shape index (κ2) is 7.60. The number of rotatable bonds is 6. The van der Waals surface area contributed by atoms with Crippen molar-refractivity contribution < 1.29 is 13.9 Å². The zero-order valence-electron chi connectivity index (χ0n) is 15.3. The molecular weight excluding hydrogens is 331 g/mol. The summed E-state index contributed by atoms with van der Waals surface area (Å²) in [7, 11) is 0. The van der Waals surface area contributed by atoms with Gasteiger partial charge in [-0.1, -0.05) is 6.07 Å². The predicted octanol–water partition coefficient (Wildman–Crippen LogP) is 4.30. The summed E-state index contributed by atoms with van der Waals surface area (Å²) in [5, 5.41) is 3.84. The maximum Gasteiger partial charge on any atom is 0.251 e. The molecule has 1 amide bonds. The normalized spacial score (nSPS) is 10.9. The van der Waals surface area contributed by atoms with E-state index in [1.165, 1.54) is 6.07 Å². The van der Waals surface area contributed by atoms with Crippen molar-refractivity contribution in [3.63, 3.8) is 0 Å². The van der Waals surface area contributed by atoms with E-state index < -0.39 is 0 Å². The van der Waals surface area contributed by atoms with Gasteiger partial charge in [0.2, 0.25) is 0 Å². The first-order valence-electron chi connectivity index (χ1n) is 8.78. The molecule has 0 aliphatic heterocycles. The maximum atomic E-state index is 14.0. The molecule has 0 aliphatic carbocycles. The second-order valence-electron chi connectivity index (χ2n) is 6.31. The lowest BCUT2D eigenvalue weighted by Crippen LogP contribution is -2.25. The van der Waals surface area contributed by atoms with E-state index in [0.29, 0.717) is 30.7 Å². The first kappa shape index (κ1) is 18.0. The van der Waals surface area contributed by atoms with Gasteiger partial charge in [0, 0.05) is 23.2 Å². The topological polar surface area (TPSA) is 54.1 Å². The molecule has 3 rings (SSSR count). The average molecular weight is 354 g/mol. The van der Waals surface area contributed by atoms with Crippen LogP contribution in [0, 0.1) is 19.7 Å². The highest BCUT2D eigenvalue weighted by molar-refractivity contribution is 5.94. The minimum absolute atomic E-state index is 0.131. The lowest BCUT2D eigenvalue weighted by atomic mass is 10.0. The van der Waals surface area contributed by atoms with E-state index in [4.69, 9.17) is 4.74 Å². The molecule has 26 heavy (non-hydrogen) atoms. The Morgan fingerprint density at radius 1 is 1.15 bits per heavy atom. The van der Waals surface area contributed by atoms with Crippen LogP contribution in [0.4, 0.5) is 4.39 Å². The molecule has 1 aromatic heterocycles. The molecule has 0 aliphatic rings. The molecule has 2 aromatic carbocycles. The van der Waals surface area contributed by atoms with Crippen LogP contribution in [0.2, 0.25) is 0 Å². The van der Waals surface area contributed by atoms with Gasteiger partial charge in [0.25, 0.3) is 5.91 Å². The predicted molar refractivity (Wildman–Crippen MR) is 101 cm³/mol. The fourth-order valence-electron chi connectivity index (χ4n) is 3.23. The molecule has 4 nitrogen and oxygen atoms in total. The van der Waals surface area contributed by atoms with Gasteiger partial charge in [-0.3, -0.25) is 4.79 Å². The highest BCUT2D eigenvalue weighted by atomic mass is 19.1. The zero-order valence-corrected chi connectivity index (χ0v) is 15.3. The van der Waals surface area contributed by atoms with Gasteiger partial charge in [0.15, 0.2) is 0 Å². The number of amides is 1. The largest absolute Gasteiger partial charge is 0.494 e. The van der Waals surface area contributed by atoms with E-state index in [-0.39, 0.29) is 11.7 Å². The van der Waals surface area contributed by atoms with E-state index in [9.17, 15) is 9.18 Å². The molecule has 3 aromatic rings. The maximum absolute atomic E-state index is 14.0. The number of hydrogen-bond acceptors (Lipinski definition) is 2. The number of benzene rings is 2. The molecule has 0 unspecified atom stereocenters. The second-order valence-corrected chi connectivity index (χ2v) is 6.31. The van der Waals surface area contributed by atoms with E-state index in [0.717, 1.165) is 28.0 Å². The monoisotopic (exact) mass is 354 g/mol. The van der Waals surface area contributed by atoms with E-state index in [2.05, 4.69) is 10.3 Å². The number of halogens is 1. The highest BCUT2D eigenvalue weighted by Crippen LogP contribution is 2.27. The Balaban J connectivity index is 1.68. The first-order chi connectivity index (χ1) is 12.5. The van der Waals surface area contributed by atoms with Gasteiger partial charge in [-0.25, -0.2) is 4.39 Å². The Labute approximate surface area is 152 Å². The van der Waals surface area contributed by atoms with E-state index >= 15 is 0 Å². The minimum atomic E-state index is -0.252. The van der Waals surface area contributed by atoms with Crippen molar-refractivity contribution in [2.75, 3.05) is 13.2 Å². The van der Waals surface area contributed by atoms with Crippen LogP contribution in [0.5, 0.6) is 5.75 Å². The van der Waals surface area contributed by atoms with Gasteiger partial charge in [0.1, 0.15) is 11.6 Å². The number of carbonyl (C=O) groups is 1. The van der Waals surface area contributed by atoms with Crippen molar-refractivity contribution in [2.45, 2.75) is 27.2 Å². The number of fused-ring (bicyclic) bond motifs is 1. The number of carbonyl (C=O) groups excluding carboxylic acids is 1. The molecule has 1 heterocycles. The van der Waals surface area contributed by atoms with Crippen LogP contribution in [-0.4, -0.2) is 24.0 Å². The van der Waals surface area contributed by atoms with Crippen LogP contribution in [0.3, 0.4) is 0 Å². The quantitative estimate of drug-likeness (QED) is 0.694. The molecule has 0 fully saturated rings. The summed E-state index contributed by atoms with van der Waals surface area (Å²) in [6.07, 6.45) is 0.638. The van der Waals surface area contributed by atoms with Gasteiger partial charge in [-0.05, 0) is 68.7 Å². The number of aryl methyl sites for hydroxylation is 2. The molecule has 2 N–H and O–H groups in total. The smallest absolute Gasteiger partial charge is 0.251 e. The third kappa shape index (κ3) is 3.57. The molecule has 0 radical (unpaired) electrons. The summed E-state index contributed by atoms with van der Waals surface area (Å²) in [5.41, 5.74) is 4.13. The Kier molecular flexibility index (Phi) is 5.26. The highest BCUT2D eigenvalue weighted by Gasteiger charge is 2.14. The Bertz CT molecular complexity index is 929. The lowest BCUT2D eigenvalue weighted by Gasteiger charge is -2.08. The third-order valence-electron chi connectivity index (χ3n) is 4.52. The molecular formula is C21H23FN2O2. The molecule has 136 valence electrons. The van der Waals surface area contributed by atoms with Crippen LogP contribution in [0.15, 0.2) is 36.4 Å². The number of hydrogen-bond donors (Lipinski definition) is 2. The fraction of sp³-hybridized carbons (Fsp3) is 0.286. The molecule has 5 heteroatoms. The van der Waals surface area contributed by atoms with Crippen molar-refractivity contribution in [3.05, 3.63) is 64.6 Å². The van der Waals surface area contributed by atoms with E-state index in [1.54, 1.807) is 30.3 Å². The summed E-state index contributed by atoms with van der Waals surface area (Å²) in [5.74, 6) is 0.364. The van der Waals surface area contributed by atoms with Gasteiger partial charge in [0.05, 0.1) is 12.1 Å². The van der Waals surface area contributed by atoms with Crippen molar-refractivity contribution in [1.29, 1.82) is 0 Å². The van der Waals surface area contributed by atoms with Crippen LogP contribution < -0.4 is 10.1 Å². The van der Waals surface area contributed by atoms with Crippen molar-refractivity contribution >= 4 is 16.8 Å². The number of ether oxygens (including phenoxy) is 1. The van der Waals surface area contributed by atoms with Crippen LogP contribution in [-0.2, 0) is 6.42 Å². The van der Waals surface area contributed by atoms with Gasteiger partial charge in [-0.15, -0.1) is 0 Å². The van der Waals surface area contributed by atoms with Gasteiger partial charge < -0.3 is 15.0 Å². The average Bonchev–Trinajstić information content (AvgIpc) is 2.97. The minimum Gasteiger partial charge on any atom is -0.494 e. The Morgan fingerprint density at radius 2 is 1.88 bits per heavy atom. The van der Waals surface area contributed by atoms with Crippen LogP contribution in [0.1, 0.15) is 34.1 Å². The van der Waals surface area contributed by atoms with Crippen molar-refractivity contribution in [1.82, 2.24) is 10.3 Å². The summed E-state index contributed by atoms with van der Waals surface area (Å²) < 4.78 is 19.4. The molecule has 0 atom stereocenters. The summed E-state index contributed by atoms with van der Waals surface area (Å²) >= 11 is 0. The number of aromatic nitrogens is 1. The molecule has 0 saturated heterocycles. The molecule has 0 saturated carbocycles. The summed E-state index contributed by atoms with van der Waals surface area (Å²) in [6, 6.07) is 10.3. The summed E-state index contributed by atoms with van der Waals surface area (Å²) in [4.78, 5) is 15.4. The zero-order chi connectivity index (χ0) is 18.7. The molecule has 0 spiro atoms. The number of aromatic amines is 1. The number of nitrogens with one attached hydrogen (secondary N) is 2. The van der Waals surface area contributed by atoms with Crippen LogP contribution >= 0.6 is 0 Å². The fourth-order valence-corrected chi connectivity index (χ4v) is 3.23. The summed E-state index contributed by atoms with van der Waals surface area (Å²) in [6.45, 7) is 6.89. The first-order valence-corrected chi connectivity index (χ1v) is 8.78. The SMILES string of the molecule is CCOc1ccc(C(=O)NCCc2c(C)[nH]c3c(F)ccc(C)c23)cc1.